The monoisotopic (exact) mass is 450 g/mol. The fourth-order valence-corrected chi connectivity index (χ4v) is 4.90. The highest BCUT2D eigenvalue weighted by Crippen LogP contribution is 2.32. The van der Waals surface area contributed by atoms with Crippen molar-refractivity contribution in [2.24, 2.45) is 5.73 Å². The van der Waals surface area contributed by atoms with Gasteiger partial charge in [-0.05, 0) is 56.0 Å². The quantitative estimate of drug-likeness (QED) is 0.425. The molecular weight excluding hydrogens is 424 g/mol. The molecule has 10 heteroatoms. The Labute approximate surface area is 190 Å². The number of nitrogens with two attached hydrogens (primary N) is 1. The van der Waals surface area contributed by atoms with E-state index in [9.17, 15) is 4.79 Å². The van der Waals surface area contributed by atoms with Crippen molar-refractivity contribution in [1.29, 1.82) is 0 Å². The number of rotatable bonds is 6. The van der Waals surface area contributed by atoms with E-state index >= 15 is 0 Å². The molecule has 1 saturated carbocycles. The molecule has 2 aromatic heterocycles. The zero-order valence-corrected chi connectivity index (χ0v) is 18.7. The third kappa shape index (κ3) is 4.23. The van der Waals surface area contributed by atoms with Gasteiger partial charge in [0.2, 0.25) is 5.91 Å². The molecule has 3 heterocycles. The highest BCUT2D eigenvalue weighted by molar-refractivity contribution is 7.97. The molecule has 1 aliphatic carbocycles. The van der Waals surface area contributed by atoms with Gasteiger partial charge in [0.25, 0.3) is 0 Å². The SMILES string of the molecule is Cc1cc(NC2=CN(Sc3ccc(NC(=O)C4(N)CCCC4)cc3)Cc3nccn32)n[nH]1. The molecule has 0 unspecified atom stereocenters. The number of imidazole rings is 1. The van der Waals surface area contributed by atoms with Crippen LogP contribution in [0.3, 0.4) is 0 Å². The van der Waals surface area contributed by atoms with Gasteiger partial charge in [-0.2, -0.15) is 5.10 Å². The number of benzene rings is 1. The molecule has 0 atom stereocenters. The van der Waals surface area contributed by atoms with Crippen LogP contribution < -0.4 is 16.4 Å². The first-order valence-corrected chi connectivity index (χ1v) is 11.4. The van der Waals surface area contributed by atoms with E-state index in [2.05, 4.69) is 30.1 Å². The van der Waals surface area contributed by atoms with Crippen molar-refractivity contribution in [3.05, 3.63) is 60.4 Å². The largest absolute Gasteiger partial charge is 0.324 e. The lowest BCUT2D eigenvalue weighted by Gasteiger charge is -2.26. The molecule has 5 rings (SSSR count). The Balaban J connectivity index is 1.27. The fourth-order valence-electron chi connectivity index (χ4n) is 4.04. The summed E-state index contributed by atoms with van der Waals surface area (Å²) in [6, 6.07) is 9.78. The van der Waals surface area contributed by atoms with Gasteiger partial charge in [-0.15, -0.1) is 0 Å². The predicted octanol–water partition coefficient (Wildman–Crippen LogP) is 3.52. The average molecular weight is 451 g/mol. The lowest BCUT2D eigenvalue weighted by atomic mass is 9.98. The van der Waals surface area contributed by atoms with E-state index in [1.807, 2.05) is 54.2 Å². The summed E-state index contributed by atoms with van der Waals surface area (Å²) in [5, 5.41) is 13.5. The Hall–Kier alpha value is -3.24. The maximum atomic E-state index is 12.5. The van der Waals surface area contributed by atoms with Crippen LogP contribution in [0.4, 0.5) is 11.5 Å². The second-order valence-corrected chi connectivity index (χ2v) is 9.42. The van der Waals surface area contributed by atoms with E-state index in [0.717, 1.165) is 59.4 Å². The Morgan fingerprint density at radius 3 is 2.75 bits per heavy atom. The van der Waals surface area contributed by atoms with Gasteiger partial charge in [0, 0.05) is 34.7 Å². The topological polar surface area (TPSA) is 117 Å². The minimum Gasteiger partial charge on any atom is -0.324 e. The summed E-state index contributed by atoms with van der Waals surface area (Å²) in [6.07, 6.45) is 9.28. The second kappa shape index (κ2) is 8.36. The summed E-state index contributed by atoms with van der Waals surface area (Å²) in [4.78, 5) is 18.1. The summed E-state index contributed by atoms with van der Waals surface area (Å²) in [6.45, 7) is 2.63. The molecule has 32 heavy (non-hydrogen) atoms. The van der Waals surface area contributed by atoms with Gasteiger partial charge in [-0.25, -0.2) is 4.98 Å². The van der Waals surface area contributed by atoms with Crippen LogP contribution in [0.1, 0.15) is 37.2 Å². The van der Waals surface area contributed by atoms with Crippen LogP contribution in [-0.4, -0.2) is 35.5 Å². The number of nitrogens with zero attached hydrogens (tertiary/aromatic N) is 4. The number of fused-ring (bicyclic) bond motifs is 1. The predicted molar refractivity (Wildman–Crippen MR) is 125 cm³/mol. The highest BCUT2D eigenvalue weighted by atomic mass is 32.2. The number of aryl methyl sites for hydroxylation is 1. The molecule has 1 aliphatic heterocycles. The Bertz CT molecular complexity index is 1140. The molecule has 1 aromatic carbocycles. The maximum Gasteiger partial charge on any atom is 0.244 e. The first-order valence-electron chi connectivity index (χ1n) is 10.7. The van der Waals surface area contributed by atoms with Gasteiger partial charge in [-0.1, -0.05) is 12.8 Å². The van der Waals surface area contributed by atoms with Crippen LogP contribution in [0.25, 0.3) is 5.82 Å². The van der Waals surface area contributed by atoms with E-state index < -0.39 is 5.54 Å². The number of carbonyl (C=O) groups is 1. The number of nitrogens with one attached hydrogen (secondary N) is 3. The standard InChI is InChI=1S/C22H26N8OS/c1-15-12-18(28-27-15)26-20-14-29(13-19-24-10-11-30(19)20)32-17-6-4-16(5-7-17)25-21(31)22(23)8-2-3-9-22/h4-7,10-12,14H,2-3,8-9,13,23H2,1H3,(H,25,31)(H2,26,27,28). The molecular formula is C22H26N8OS. The number of anilines is 2. The first kappa shape index (κ1) is 20.7. The Kier molecular flexibility index (Phi) is 5.40. The molecule has 5 N–H and O–H groups in total. The number of aromatic nitrogens is 4. The molecule has 1 fully saturated rings. The fraction of sp³-hybridized carbons (Fsp3) is 0.318. The summed E-state index contributed by atoms with van der Waals surface area (Å²) < 4.78 is 4.14. The molecule has 166 valence electrons. The number of carbonyl (C=O) groups excluding carboxylic acids is 1. The molecule has 0 radical (unpaired) electrons. The number of hydrogen-bond donors (Lipinski definition) is 4. The molecule has 9 nitrogen and oxygen atoms in total. The van der Waals surface area contributed by atoms with Gasteiger partial charge < -0.3 is 20.7 Å². The summed E-state index contributed by atoms with van der Waals surface area (Å²) >= 11 is 1.60. The summed E-state index contributed by atoms with van der Waals surface area (Å²) in [5.41, 5.74) is 7.27. The van der Waals surface area contributed by atoms with Gasteiger partial charge in [0.15, 0.2) is 5.82 Å². The van der Waals surface area contributed by atoms with Crippen molar-refractivity contribution < 1.29 is 4.79 Å². The minimum atomic E-state index is -0.732. The van der Waals surface area contributed by atoms with Crippen molar-refractivity contribution >= 4 is 35.2 Å². The normalized spacial score (nSPS) is 17.1. The molecule has 2 aliphatic rings. The smallest absolute Gasteiger partial charge is 0.244 e. The molecule has 0 saturated heterocycles. The van der Waals surface area contributed by atoms with Crippen LogP contribution in [0.2, 0.25) is 0 Å². The molecule has 1 amide bonds. The van der Waals surface area contributed by atoms with Crippen molar-refractivity contribution in [3.8, 4) is 0 Å². The third-order valence-corrected chi connectivity index (χ3v) is 6.74. The average Bonchev–Trinajstić information content (AvgIpc) is 3.51. The van der Waals surface area contributed by atoms with Crippen molar-refractivity contribution in [1.82, 2.24) is 24.1 Å². The van der Waals surface area contributed by atoms with Crippen molar-refractivity contribution in [3.63, 3.8) is 0 Å². The number of hydrogen-bond acceptors (Lipinski definition) is 7. The van der Waals surface area contributed by atoms with E-state index in [1.165, 1.54) is 0 Å². The lowest BCUT2D eigenvalue weighted by molar-refractivity contribution is -0.121. The number of aromatic amines is 1. The zero-order chi connectivity index (χ0) is 22.1. The number of H-pyrrole nitrogens is 1. The van der Waals surface area contributed by atoms with Gasteiger partial charge >= 0.3 is 0 Å². The maximum absolute atomic E-state index is 12.5. The van der Waals surface area contributed by atoms with E-state index in [0.29, 0.717) is 6.54 Å². The molecule has 0 spiro atoms. The first-order chi connectivity index (χ1) is 15.5. The Morgan fingerprint density at radius 2 is 2.03 bits per heavy atom. The van der Waals surface area contributed by atoms with E-state index in [-0.39, 0.29) is 5.91 Å². The summed E-state index contributed by atoms with van der Waals surface area (Å²) in [7, 11) is 0. The van der Waals surface area contributed by atoms with Gasteiger partial charge in [-0.3, -0.25) is 14.5 Å². The number of amides is 1. The van der Waals surface area contributed by atoms with Crippen molar-refractivity contribution in [2.45, 2.75) is 49.6 Å². The van der Waals surface area contributed by atoms with Crippen LogP contribution in [0.15, 0.2) is 53.8 Å². The lowest BCUT2D eigenvalue weighted by Crippen LogP contribution is -2.48. The van der Waals surface area contributed by atoms with E-state index in [1.54, 1.807) is 18.1 Å². The summed E-state index contributed by atoms with van der Waals surface area (Å²) in [5.74, 6) is 2.46. The highest BCUT2D eigenvalue weighted by Gasteiger charge is 2.36. The molecule has 3 aromatic rings. The van der Waals surface area contributed by atoms with Crippen molar-refractivity contribution in [2.75, 3.05) is 10.6 Å². The van der Waals surface area contributed by atoms with Crippen LogP contribution in [0.5, 0.6) is 0 Å². The second-order valence-electron chi connectivity index (χ2n) is 8.30. The van der Waals surface area contributed by atoms with Crippen LogP contribution in [-0.2, 0) is 11.3 Å². The van der Waals surface area contributed by atoms with Gasteiger partial charge in [0.1, 0.15) is 11.6 Å². The molecule has 0 bridgehead atoms. The van der Waals surface area contributed by atoms with Gasteiger partial charge in [0.05, 0.1) is 18.3 Å². The van der Waals surface area contributed by atoms with Crippen LogP contribution >= 0.6 is 11.9 Å². The van der Waals surface area contributed by atoms with E-state index in [4.69, 9.17) is 5.73 Å². The third-order valence-electron chi connectivity index (χ3n) is 5.79. The zero-order valence-electron chi connectivity index (χ0n) is 17.8. The Morgan fingerprint density at radius 1 is 1.25 bits per heavy atom. The minimum absolute atomic E-state index is 0.0921. The van der Waals surface area contributed by atoms with Crippen LogP contribution in [0, 0.1) is 6.92 Å².